The van der Waals surface area contributed by atoms with Gasteiger partial charge in [0.05, 0.1) is 33.3 Å². The Morgan fingerprint density at radius 1 is 0.603 bits per heavy atom. The molecule has 8 aromatic rings. The van der Waals surface area contributed by atoms with Gasteiger partial charge in [-0.1, -0.05) is 184 Å². The summed E-state index contributed by atoms with van der Waals surface area (Å²) in [7, 11) is 0. The number of hydrogen-bond acceptors (Lipinski definition) is 3. The SMILES string of the molecule is [2H]c1nc(-c2[c-]c(-c3cccc4c3nc(-c3cc(C(C([2H])([2H])[2H])(C([2H])([2H])[2H])C([2H])([2H])[2H])cc(C(C([2H])([2H])[2H])(C([2H])([2H])[2H])C([2H])([2H])[2H])c3O)n4-c3ccc(C(C([2H])([2H])[2H])(C([2H])([2H])[2H])C([2H])([2H])[2H])cc3-c3ccccc3)cc(C(C)(C)C)c2)c([2H])c(-c2c([2H])c([2H])c([2H])c([2H])c2[2H])c1[2H].[Pt]. The van der Waals surface area contributed by atoms with Crippen LogP contribution < -0.4 is 0 Å². The largest absolute Gasteiger partial charge is 0.507 e. The van der Waals surface area contributed by atoms with Crippen LogP contribution in [0.4, 0.5) is 0 Å². The quantitative estimate of drug-likeness (QED) is 0.169. The number of rotatable bonds is 6. The average Bonchev–Trinajstić information content (AvgIpc) is 0.845. The summed E-state index contributed by atoms with van der Waals surface area (Å²) in [5, 5.41) is 13.2. The summed E-state index contributed by atoms with van der Waals surface area (Å²) in [4.78, 5) is 9.20. The monoisotopic (exact) mass is 1040 g/mol. The molecule has 0 bridgehead atoms. The van der Waals surface area contributed by atoms with Crippen molar-refractivity contribution >= 4 is 11.0 Å². The van der Waals surface area contributed by atoms with Crippen LogP contribution in [-0.4, -0.2) is 19.6 Å². The van der Waals surface area contributed by atoms with Crippen LogP contribution in [0.3, 0.4) is 0 Å². The number of aromatic hydroxyl groups is 1. The van der Waals surface area contributed by atoms with Crippen LogP contribution in [0.2, 0.25) is 0 Å². The van der Waals surface area contributed by atoms with Gasteiger partial charge in [0.2, 0.25) is 0 Å². The van der Waals surface area contributed by atoms with Crippen LogP contribution >= 0.6 is 0 Å². The van der Waals surface area contributed by atoms with Gasteiger partial charge in [-0.05, 0) is 79.8 Å². The first kappa shape index (κ1) is 18.9. The molecule has 0 aliphatic rings. The summed E-state index contributed by atoms with van der Waals surface area (Å²) < 4.78 is 307. The molecule has 0 aliphatic heterocycles. The molecule has 4 nitrogen and oxygen atoms in total. The Labute approximate surface area is 439 Å². The molecule has 2 aromatic heterocycles. The molecule has 1 N–H and O–H groups in total. The zero-order valence-corrected chi connectivity index (χ0v) is 36.0. The molecule has 6 aromatic carbocycles. The summed E-state index contributed by atoms with van der Waals surface area (Å²) >= 11 is 0. The van der Waals surface area contributed by atoms with E-state index < -0.39 is 182 Å². The van der Waals surface area contributed by atoms with E-state index >= 15 is 0 Å². The minimum absolute atomic E-state index is 0. The first-order valence-corrected chi connectivity index (χ1v) is 19.0. The number of phenols is 1. The van der Waals surface area contributed by atoms with Gasteiger partial charge < -0.3 is 5.11 Å². The van der Waals surface area contributed by atoms with Crippen LogP contribution in [0, 0.1) is 6.07 Å². The van der Waals surface area contributed by atoms with E-state index in [1.807, 2.05) is 0 Å². The van der Waals surface area contributed by atoms with E-state index in [0.717, 1.165) is 22.8 Å². The van der Waals surface area contributed by atoms with Crippen LogP contribution in [0.5, 0.6) is 5.75 Å². The first-order chi connectivity index (χ1) is 43.7. The van der Waals surface area contributed by atoms with Gasteiger partial charge in [0, 0.05) is 81.1 Å². The van der Waals surface area contributed by atoms with Gasteiger partial charge in [-0.15, -0.1) is 29.3 Å². The predicted molar refractivity (Wildman–Crippen MR) is 261 cm³/mol. The van der Waals surface area contributed by atoms with Crippen molar-refractivity contribution in [3.05, 3.63) is 168 Å². The summed E-state index contributed by atoms with van der Waals surface area (Å²) in [6.45, 7) is -32.4. The summed E-state index contributed by atoms with van der Waals surface area (Å²) in [6, 6.07) is 15.0. The maximum absolute atomic E-state index is 13.2. The van der Waals surface area contributed by atoms with Crippen LogP contribution in [0.1, 0.15) is 153 Å². The number of hydrogen-bond donors (Lipinski definition) is 1. The number of pyridine rings is 1. The molecule has 63 heavy (non-hydrogen) atoms. The molecular formula is C58H60N3OPt-. The van der Waals surface area contributed by atoms with E-state index in [-0.39, 0.29) is 71.7 Å². The number of aromatic nitrogens is 3. The fourth-order valence-corrected chi connectivity index (χ4v) is 7.08. The topological polar surface area (TPSA) is 50.9 Å². The standard InChI is InChI=1S/C58H60N3O.Pt/c1-55(2,3)42-26-27-50(46(34-42)38-22-17-14-18-23-38)61-51-25-19-24-45(52(51)60-54(61)47-35-44(57(7,8)9)36-48(53(47)62)58(10,11)12)40-30-41(32-43(31-40)56(4,5)6)49-33-39(28-29-59-49)37-20-15-13-16-21-37;/h13-29,31-36,62H,1-12H3;/q-1;/i1D3,2D3,3D3,7D3,8D3,9D3,10D3,11D3,12D3,13D,15D,16D,20D,21D,28D,29D,33D;. The Morgan fingerprint density at radius 3 is 1.97 bits per heavy atom. The van der Waals surface area contributed by atoms with Crippen LogP contribution in [0.25, 0.3) is 72.7 Å². The first-order valence-electron chi connectivity index (χ1n) is 36.5. The molecule has 324 valence electrons. The van der Waals surface area contributed by atoms with Gasteiger partial charge >= 0.3 is 0 Å². The Hall–Kier alpha value is -5.57. The second-order valence-electron chi connectivity index (χ2n) is 15.9. The molecule has 0 fully saturated rings. The Bertz CT molecular complexity index is 4290. The predicted octanol–water partition coefficient (Wildman–Crippen LogP) is 15.4. The third-order valence-electron chi connectivity index (χ3n) is 10.3. The Morgan fingerprint density at radius 2 is 1.27 bits per heavy atom. The van der Waals surface area contributed by atoms with Gasteiger partial charge in [0.1, 0.15) is 11.6 Å². The third kappa shape index (κ3) is 9.11. The number of imidazole rings is 1. The van der Waals surface area contributed by atoms with Gasteiger partial charge in [0.25, 0.3) is 0 Å². The number of phenolic OH excluding ortho intramolecular Hbond substituents is 1. The van der Waals surface area contributed by atoms with Gasteiger partial charge in [-0.25, -0.2) is 4.98 Å². The third-order valence-corrected chi connectivity index (χ3v) is 10.3. The normalized spacial score (nSPS) is 22.3. The Balaban J connectivity index is 0.0000135. The van der Waals surface area contributed by atoms with E-state index in [1.165, 1.54) is 54.6 Å². The molecule has 2 heterocycles. The van der Waals surface area contributed by atoms with Crippen molar-refractivity contribution in [1.29, 1.82) is 0 Å². The fraction of sp³-hybridized carbons (Fsp3) is 0.276. The van der Waals surface area contributed by atoms with E-state index in [4.69, 9.17) is 51.6 Å². The van der Waals surface area contributed by atoms with E-state index in [1.54, 1.807) is 26.8 Å². The van der Waals surface area contributed by atoms with E-state index in [2.05, 4.69) is 11.1 Å². The summed E-state index contributed by atoms with van der Waals surface area (Å²) in [5.41, 5.74) is -21.4. The molecule has 0 atom stereocenters. The zero-order chi connectivity index (χ0) is 73.8. The number of benzene rings is 6. The van der Waals surface area contributed by atoms with Gasteiger partial charge in [-0.3, -0.25) is 9.55 Å². The molecule has 0 unspecified atom stereocenters. The van der Waals surface area contributed by atoms with E-state index in [9.17, 15) is 6.48 Å². The van der Waals surface area contributed by atoms with Crippen molar-refractivity contribution in [3.63, 3.8) is 0 Å². The van der Waals surface area contributed by atoms with Gasteiger partial charge in [-0.2, -0.15) is 0 Å². The van der Waals surface area contributed by atoms with Crippen molar-refractivity contribution in [2.45, 2.75) is 104 Å². The van der Waals surface area contributed by atoms with E-state index in [0.29, 0.717) is 11.6 Å². The van der Waals surface area contributed by atoms with Crippen molar-refractivity contribution in [2.75, 3.05) is 0 Å². The molecule has 0 radical (unpaired) electrons. The van der Waals surface area contributed by atoms with Gasteiger partial charge in [0.15, 0.2) is 0 Å². The zero-order valence-electron chi connectivity index (χ0n) is 68.8. The minimum Gasteiger partial charge on any atom is -0.507 e. The molecule has 0 aliphatic carbocycles. The summed E-state index contributed by atoms with van der Waals surface area (Å²) in [5.74, 6) is -2.59. The fourth-order valence-electron chi connectivity index (χ4n) is 7.08. The number of nitrogens with zero attached hydrogens (tertiary/aromatic N) is 3. The Kier molecular flexibility index (Phi) is 5.05. The van der Waals surface area contributed by atoms with Crippen molar-refractivity contribution in [1.82, 2.24) is 14.5 Å². The molecule has 0 amide bonds. The van der Waals surface area contributed by atoms with Crippen molar-refractivity contribution < 1.29 is 74.1 Å². The average molecular weight is 1050 g/mol. The second-order valence-corrected chi connectivity index (χ2v) is 15.9. The maximum Gasteiger partial charge on any atom is 0.148 e. The molecule has 8 rings (SSSR count). The molecule has 0 saturated heterocycles. The molecule has 0 spiro atoms. The molecular weight excluding hydrogens is 950 g/mol. The molecule has 5 heteroatoms. The number of para-hydroxylation sites is 1. The second kappa shape index (κ2) is 16.9. The molecule has 0 saturated carbocycles. The smallest absolute Gasteiger partial charge is 0.148 e. The summed E-state index contributed by atoms with van der Waals surface area (Å²) in [6.07, 6.45) is -0.830. The van der Waals surface area contributed by atoms with Crippen molar-refractivity contribution in [3.8, 4) is 67.5 Å². The van der Waals surface area contributed by atoms with Crippen LogP contribution in [-0.2, 0) is 42.7 Å². The minimum atomic E-state index is -4.42. The van der Waals surface area contributed by atoms with Crippen molar-refractivity contribution in [2.24, 2.45) is 0 Å². The number of fused-ring (bicyclic) bond motifs is 1. The maximum atomic E-state index is 13.2. The van der Waals surface area contributed by atoms with Crippen LogP contribution in [0.15, 0.2) is 139 Å².